The third-order valence-electron chi connectivity index (χ3n) is 4.63. The highest BCUT2D eigenvalue weighted by molar-refractivity contribution is 5.76. The van der Waals surface area contributed by atoms with E-state index < -0.39 is 0 Å². The quantitative estimate of drug-likeness (QED) is 0.553. The van der Waals surface area contributed by atoms with Gasteiger partial charge in [0.05, 0.1) is 5.69 Å². The normalized spacial score (nSPS) is 13.0. The van der Waals surface area contributed by atoms with E-state index in [0.29, 0.717) is 0 Å². The van der Waals surface area contributed by atoms with Crippen LogP contribution in [0.3, 0.4) is 0 Å². The van der Waals surface area contributed by atoms with Crippen LogP contribution in [0.4, 0.5) is 0 Å². The minimum Gasteiger partial charge on any atom is -0.464 e. The van der Waals surface area contributed by atoms with E-state index in [9.17, 15) is 0 Å². The van der Waals surface area contributed by atoms with Crippen LogP contribution >= 0.6 is 0 Å². The van der Waals surface area contributed by atoms with Gasteiger partial charge in [-0.1, -0.05) is 20.8 Å². The summed E-state index contributed by atoms with van der Waals surface area (Å²) in [6, 6.07) is 0. The number of rotatable bonds is 3. The molecule has 4 aromatic heterocycles. The third kappa shape index (κ3) is 2.85. The molecule has 4 heterocycles. The fourth-order valence-corrected chi connectivity index (χ4v) is 3.23. The molecule has 0 aliphatic carbocycles. The Bertz CT molecular complexity index is 1050. The number of hydrogen-bond donors (Lipinski definition) is 0. The summed E-state index contributed by atoms with van der Waals surface area (Å²) in [7, 11) is 0. The molecule has 6 heteroatoms. The molecule has 0 fully saturated rings. The number of nitrogens with zero attached hydrogens (tertiary/aromatic N) is 5. The van der Waals surface area contributed by atoms with Gasteiger partial charge in [-0.3, -0.25) is 9.97 Å². The van der Waals surface area contributed by atoms with Crippen LogP contribution in [-0.2, 0) is 17.4 Å². The molecule has 0 atom stereocenters. The Kier molecular flexibility index (Phi) is 3.61. The van der Waals surface area contributed by atoms with Gasteiger partial charge in [0.25, 0.3) is 0 Å². The second kappa shape index (κ2) is 5.62. The van der Waals surface area contributed by atoms with Gasteiger partial charge in [0.2, 0.25) is 0 Å². The van der Waals surface area contributed by atoms with Crippen molar-refractivity contribution in [3.05, 3.63) is 48.7 Å². The van der Waals surface area contributed by atoms with Gasteiger partial charge < -0.3 is 8.98 Å². The van der Waals surface area contributed by atoms with E-state index in [1.54, 1.807) is 18.7 Å². The Hall–Kier alpha value is -2.76. The summed E-state index contributed by atoms with van der Waals surface area (Å²) in [5.41, 5.74) is 4.11. The van der Waals surface area contributed by atoms with Crippen molar-refractivity contribution in [3.8, 4) is 0 Å². The third-order valence-corrected chi connectivity index (χ3v) is 4.63. The standard InChI is InChI=1S/C20H23N5O/c1-19(2,3)18-17-16(12-26-18)24-13(9-23-17)8-20(4,5)25-10-14-15(11-25)22-7-6-21-14/h6-7,9-12H,8H2,1-5H3. The highest BCUT2D eigenvalue weighted by Crippen LogP contribution is 2.30. The minimum absolute atomic E-state index is 0.0948. The molecule has 0 aromatic carbocycles. The average molecular weight is 349 g/mol. The largest absolute Gasteiger partial charge is 0.464 e. The van der Waals surface area contributed by atoms with Crippen molar-refractivity contribution in [3.63, 3.8) is 0 Å². The Labute approximate surface area is 152 Å². The topological polar surface area (TPSA) is 69.6 Å². The summed E-state index contributed by atoms with van der Waals surface area (Å²) < 4.78 is 7.89. The fraction of sp³-hybridized carbons (Fsp3) is 0.400. The highest BCUT2D eigenvalue weighted by atomic mass is 16.3. The Balaban J connectivity index is 1.67. The van der Waals surface area contributed by atoms with Gasteiger partial charge in [0.1, 0.15) is 34.1 Å². The Morgan fingerprint density at radius 2 is 1.58 bits per heavy atom. The summed E-state index contributed by atoms with van der Waals surface area (Å²) in [5, 5.41) is 0. The Morgan fingerprint density at radius 3 is 2.19 bits per heavy atom. The molecule has 134 valence electrons. The number of aromatic nitrogens is 5. The molecule has 0 unspecified atom stereocenters. The van der Waals surface area contributed by atoms with Gasteiger partial charge in [-0.2, -0.15) is 0 Å². The molecule has 0 radical (unpaired) electrons. The van der Waals surface area contributed by atoms with Crippen molar-refractivity contribution in [2.75, 3.05) is 0 Å². The summed E-state index contributed by atoms with van der Waals surface area (Å²) in [6.07, 6.45) is 11.8. The highest BCUT2D eigenvalue weighted by Gasteiger charge is 2.25. The van der Waals surface area contributed by atoms with Crippen LogP contribution in [0.1, 0.15) is 46.1 Å². The lowest BCUT2D eigenvalue weighted by atomic mass is 9.92. The van der Waals surface area contributed by atoms with Crippen LogP contribution in [0.25, 0.3) is 22.1 Å². The van der Waals surface area contributed by atoms with Crippen molar-refractivity contribution in [1.29, 1.82) is 0 Å². The lowest BCUT2D eigenvalue weighted by Crippen LogP contribution is -2.28. The van der Waals surface area contributed by atoms with Gasteiger partial charge in [0, 0.05) is 48.4 Å². The molecule has 4 rings (SSSR count). The van der Waals surface area contributed by atoms with E-state index in [2.05, 4.69) is 54.1 Å². The molecule has 0 aliphatic heterocycles. The van der Waals surface area contributed by atoms with Crippen LogP contribution in [0.2, 0.25) is 0 Å². The molecule has 0 aliphatic rings. The van der Waals surface area contributed by atoms with Crippen molar-refractivity contribution in [1.82, 2.24) is 24.5 Å². The second-order valence-electron chi connectivity index (χ2n) is 8.39. The van der Waals surface area contributed by atoms with Gasteiger partial charge in [-0.15, -0.1) is 0 Å². The molecule has 0 saturated carbocycles. The SMILES string of the molecule is CC(C)(C)c1occ2nc(CC(C)(C)n3cc4nccnc4c3)cnc12. The minimum atomic E-state index is -0.179. The predicted molar refractivity (Wildman–Crippen MR) is 101 cm³/mol. The first-order chi connectivity index (χ1) is 12.2. The molecular formula is C20H23N5O. The monoisotopic (exact) mass is 349 g/mol. The summed E-state index contributed by atoms with van der Waals surface area (Å²) in [4.78, 5) is 18.1. The van der Waals surface area contributed by atoms with Crippen molar-refractivity contribution >= 4 is 22.1 Å². The molecule has 0 N–H and O–H groups in total. The van der Waals surface area contributed by atoms with E-state index >= 15 is 0 Å². The molecular weight excluding hydrogens is 326 g/mol. The van der Waals surface area contributed by atoms with E-state index in [0.717, 1.165) is 39.9 Å². The first kappa shape index (κ1) is 16.7. The van der Waals surface area contributed by atoms with E-state index in [4.69, 9.17) is 9.40 Å². The fourth-order valence-electron chi connectivity index (χ4n) is 3.23. The summed E-state index contributed by atoms with van der Waals surface area (Å²) >= 11 is 0. The van der Waals surface area contributed by atoms with E-state index in [-0.39, 0.29) is 11.0 Å². The smallest absolute Gasteiger partial charge is 0.136 e. The van der Waals surface area contributed by atoms with Gasteiger partial charge in [-0.05, 0) is 13.8 Å². The zero-order valence-electron chi connectivity index (χ0n) is 15.8. The summed E-state index contributed by atoms with van der Waals surface area (Å²) in [5.74, 6) is 0.875. The summed E-state index contributed by atoms with van der Waals surface area (Å²) in [6.45, 7) is 10.7. The number of fused-ring (bicyclic) bond motifs is 2. The first-order valence-electron chi connectivity index (χ1n) is 8.77. The van der Waals surface area contributed by atoms with Gasteiger partial charge in [0.15, 0.2) is 0 Å². The number of hydrogen-bond acceptors (Lipinski definition) is 5. The van der Waals surface area contributed by atoms with Crippen LogP contribution < -0.4 is 0 Å². The maximum absolute atomic E-state index is 5.74. The molecule has 6 nitrogen and oxygen atoms in total. The molecule has 0 spiro atoms. The Morgan fingerprint density at radius 1 is 0.923 bits per heavy atom. The maximum atomic E-state index is 5.74. The van der Waals surface area contributed by atoms with Gasteiger partial charge in [-0.25, -0.2) is 9.97 Å². The van der Waals surface area contributed by atoms with E-state index in [1.165, 1.54) is 0 Å². The van der Waals surface area contributed by atoms with Crippen molar-refractivity contribution in [2.45, 2.75) is 52.0 Å². The predicted octanol–water partition coefficient (Wildman–Crippen LogP) is 4.24. The zero-order chi connectivity index (χ0) is 18.5. The number of furan rings is 1. The molecule has 26 heavy (non-hydrogen) atoms. The lowest BCUT2D eigenvalue weighted by Gasteiger charge is -2.26. The zero-order valence-corrected chi connectivity index (χ0v) is 15.8. The van der Waals surface area contributed by atoms with Gasteiger partial charge >= 0.3 is 0 Å². The molecule has 4 aromatic rings. The lowest BCUT2D eigenvalue weighted by molar-refractivity contribution is 0.351. The molecule has 0 saturated heterocycles. The van der Waals surface area contributed by atoms with Crippen LogP contribution in [0, 0.1) is 0 Å². The molecule has 0 bridgehead atoms. The average Bonchev–Trinajstić information content (AvgIpc) is 3.18. The molecule has 0 amide bonds. The first-order valence-corrected chi connectivity index (χ1v) is 8.77. The second-order valence-corrected chi connectivity index (χ2v) is 8.39. The van der Waals surface area contributed by atoms with Crippen molar-refractivity contribution < 1.29 is 4.42 Å². The van der Waals surface area contributed by atoms with E-state index in [1.807, 2.05) is 18.6 Å². The maximum Gasteiger partial charge on any atom is 0.136 e. The van der Waals surface area contributed by atoms with Crippen molar-refractivity contribution in [2.24, 2.45) is 0 Å². The van der Waals surface area contributed by atoms with Crippen LogP contribution in [0.15, 0.2) is 41.7 Å². The van der Waals surface area contributed by atoms with Crippen LogP contribution in [-0.4, -0.2) is 24.5 Å². The van der Waals surface area contributed by atoms with Crippen LogP contribution in [0.5, 0.6) is 0 Å².